The fraction of sp³-hybridized carbons (Fsp3) is 0.286. The molecule has 2 heterocycles. The molecule has 0 bridgehead atoms. The van der Waals surface area contributed by atoms with Crippen LogP contribution in [0.3, 0.4) is 0 Å². The lowest BCUT2D eigenvalue weighted by Gasteiger charge is -2.17. The predicted molar refractivity (Wildman–Crippen MR) is 72.8 cm³/mol. The maximum atomic E-state index is 12.0. The highest BCUT2D eigenvalue weighted by molar-refractivity contribution is 6.30. The number of hydrogen-bond donors (Lipinski definition) is 0. The molecule has 2 aromatic rings. The fourth-order valence-electron chi connectivity index (χ4n) is 2.46. The van der Waals surface area contributed by atoms with Crippen LogP contribution in [0.5, 0.6) is 0 Å². The molecule has 1 amide bonds. The highest BCUT2D eigenvalue weighted by atomic mass is 35.5. The highest BCUT2D eigenvalue weighted by Crippen LogP contribution is 2.29. The van der Waals surface area contributed by atoms with E-state index in [1.165, 1.54) is 0 Å². The molecule has 1 aromatic heterocycles. The van der Waals surface area contributed by atoms with Gasteiger partial charge in [0.15, 0.2) is 0 Å². The van der Waals surface area contributed by atoms with Crippen molar-refractivity contribution in [3.63, 3.8) is 0 Å². The molecule has 3 rings (SSSR count). The van der Waals surface area contributed by atoms with E-state index in [-0.39, 0.29) is 11.8 Å². The Bertz CT molecular complexity index is 582. The minimum Gasteiger partial charge on any atom is -0.324 e. The van der Waals surface area contributed by atoms with Crippen LogP contribution in [0.4, 0.5) is 0 Å². The summed E-state index contributed by atoms with van der Waals surface area (Å²) >= 11 is 6.00. The molecule has 1 fully saturated rings. The Hall–Kier alpha value is -1.81. The van der Waals surface area contributed by atoms with Crippen LogP contribution in [-0.4, -0.2) is 26.9 Å². The van der Waals surface area contributed by atoms with Gasteiger partial charge in [-0.2, -0.15) is 0 Å². The van der Waals surface area contributed by atoms with Crippen LogP contribution < -0.4 is 0 Å². The molecule has 1 aromatic carbocycles. The molecule has 1 aliphatic heterocycles. The van der Waals surface area contributed by atoms with Crippen molar-refractivity contribution in [2.75, 3.05) is 6.54 Å². The van der Waals surface area contributed by atoms with Gasteiger partial charge in [-0.05, 0) is 17.7 Å². The smallest absolute Gasteiger partial charge is 0.224 e. The maximum Gasteiger partial charge on any atom is 0.224 e. The Morgan fingerprint density at radius 3 is 3.05 bits per heavy atom. The first kappa shape index (κ1) is 12.2. The van der Waals surface area contributed by atoms with Gasteiger partial charge < -0.3 is 9.47 Å². The second kappa shape index (κ2) is 5.05. The number of amides is 1. The van der Waals surface area contributed by atoms with Crippen LogP contribution in [0.1, 0.15) is 17.9 Å². The minimum absolute atomic E-state index is 0.179. The number of carbonyl (C=O) groups excluding carboxylic acids is 1. The standard InChI is InChI=1S/C14H14ClN3O/c15-13-3-1-2-11(6-13)12-7-14(19)18(8-12)10-17-5-4-16-9-17/h1-6,9,12H,7-8,10H2. The first-order valence-corrected chi connectivity index (χ1v) is 6.59. The van der Waals surface area contributed by atoms with Gasteiger partial charge in [0.25, 0.3) is 0 Å². The van der Waals surface area contributed by atoms with E-state index in [1.54, 1.807) is 12.5 Å². The van der Waals surface area contributed by atoms with Gasteiger partial charge in [-0.1, -0.05) is 23.7 Å². The van der Waals surface area contributed by atoms with Gasteiger partial charge in [-0.15, -0.1) is 0 Å². The molecule has 0 radical (unpaired) electrons. The van der Waals surface area contributed by atoms with Crippen LogP contribution in [-0.2, 0) is 11.5 Å². The fourth-order valence-corrected chi connectivity index (χ4v) is 2.66. The van der Waals surface area contributed by atoms with Crippen molar-refractivity contribution in [3.05, 3.63) is 53.6 Å². The molecule has 0 aliphatic carbocycles. The average Bonchev–Trinajstić information content (AvgIpc) is 3.01. The van der Waals surface area contributed by atoms with Crippen molar-refractivity contribution in [3.8, 4) is 0 Å². The molecule has 1 aliphatic rings. The largest absolute Gasteiger partial charge is 0.324 e. The third kappa shape index (κ3) is 2.63. The quantitative estimate of drug-likeness (QED) is 0.863. The molecule has 4 nitrogen and oxygen atoms in total. The molecule has 19 heavy (non-hydrogen) atoms. The van der Waals surface area contributed by atoms with Crippen LogP contribution in [0.2, 0.25) is 5.02 Å². The summed E-state index contributed by atoms with van der Waals surface area (Å²) in [6, 6.07) is 7.76. The van der Waals surface area contributed by atoms with E-state index in [9.17, 15) is 4.79 Å². The topological polar surface area (TPSA) is 38.1 Å². The number of halogens is 1. The molecule has 1 saturated heterocycles. The number of benzene rings is 1. The molecule has 0 spiro atoms. The summed E-state index contributed by atoms with van der Waals surface area (Å²) in [7, 11) is 0. The van der Waals surface area contributed by atoms with E-state index < -0.39 is 0 Å². The highest BCUT2D eigenvalue weighted by Gasteiger charge is 2.30. The second-order valence-corrected chi connectivity index (χ2v) is 5.23. The normalized spacial score (nSPS) is 19.1. The number of imidazole rings is 1. The SMILES string of the molecule is O=C1CC(c2cccc(Cl)c2)CN1Cn1ccnc1. The van der Waals surface area contributed by atoms with E-state index in [0.717, 1.165) is 17.1 Å². The molecule has 1 atom stereocenters. The van der Waals surface area contributed by atoms with Crippen molar-refractivity contribution in [1.29, 1.82) is 0 Å². The van der Waals surface area contributed by atoms with E-state index in [1.807, 2.05) is 39.9 Å². The molecule has 0 saturated carbocycles. The monoisotopic (exact) mass is 275 g/mol. The van der Waals surface area contributed by atoms with Crippen LogP contribution in [0.25, 0.3) is 0 Å². The number of rotatable bonds is 3. The summed E-state index contributed by atoms with van der Waals surface area (Å²) in [4.78, 5) is 17.9. The maximum absolute atomic E-state index is 12.0. The zero-order valence-corrected chi connectivity index (χ0v) is 11.1. The van der Waals surface area contributed by atoms with Crippen LogP contribution >= 0.6 is 11.6 Å². The Morgan fingerprint density at radius 2 is 2.32 bits per heavy atom. The Balaban J connectivity index is 1.73. The zero-order chi connectivity index (χ0) is 13.2. The lowest BCUT2D eigenvalue weighted by molar-refractivity contribution is -0.129. The first-order chi connectivity index (χ1) is 9.22. The number of carbonyl (C=O) groups is 1. The average molecular weight is 276 g/mol. The molecular formula is C14H14ClN3O. The summed E-state index contributed by atoms with van der Waals surface area (Å²) in [5.74, 6) is 0.411. The van der Waals surface area contributed by atoms with Gasteiger partial charge in [0.1, 0.15) is 0 Å². The summed E-state index contributed by atoms with van der Waals surface area (Å²) in [5.41, 5.74) is 1.13. The Morgan fingerprint density at radius 1 is 1.42 bits per heavy atom. The minimum atomic E-state index is 0.179. The lowest BCUT2D eigenvalue weighted by Crippen LogP contribution is -2.27. The molecular weight excluding hydrogens is 262 g/mol. The predicted octanol–water partition coefficient (Wildman–Crippen LogP) is 2.51. The van der Waals surface area contributed by atoms with Gasteiger partial charge in [0, 0.05) is 36.3 Å². The molecule has 0 N–H and O–H groups in total. The van der Waals surface area contributed by atoms with Gasteiger partial charge in [0.2, 0.25) is 5.91 Å². The summed E-state index contributed by atoms with van der Waals surface area (Å²) in [6.45, 7) is 1.30. The van der Waals surface area contributed by atoms with E-state index >= 15 is 0 Å². The summed E-state index contributed by atoms with van der Waals surface area (Å²) in [5, 5.41) is 0.720. The third-order valence-corrected chi connectivity index (χ3v) is 3.66. The van der Waals surface area contributed by atoms with Gasteiger partial charge in [-0.25, -0.2) is 4.98 Å². The Kier molecular flexibility index (Phi) is 3.25. The zero-order valence-electron chi connectivity index (χ0n) is 10.4. The molecule has 5 heteroatoms. The van der Waals surface area contributed by atoms with Gasteiger partial charge >= 0.3 is 0 Å². The summed E-state index contributed by atoms with van der Waals surface area (Å²) in [6.07, 6.45) is 5.85. The van der Waals surface area contributed by atoms with Crippen molar-refractivity contribution < 1.29 is 4.79 Å². The number of hydrogen-bond acceptors (Lipinski definition) is 2. The van der Waals surface area contributed by atoms with E-state index in [4.69, 9.17) is 11.6 Å². The molecule has 1 unspecified atom stereocenters. The van der Waals surface area contributed by atoms with Crippen molar-refractivity contribution in [2.45, 2.75) is 19.0 Å². The van der Waals surface area contributed by atoms with Gasteiger partial charge in [-0.3, -0.25) is 4.79 Å². The lowest BCUT2D eigenvalue weighted by atomic mass is 9.98. The van der Waals surface area contributed by atoms with Crippen molar-refractivity contribution in [2.24, 2.45) is 0 Å². The number of likely N-dealkylation sites (tertiary alicyclic amines) is 1. The third-order valence-electron chi connectivity index (χ3n) is 3.43. The number of aromatic nitrogens is 2. The second-order valence-electron chi connectivity index (χ2n) is 4.79. The van der Waals surface area contributed by atoms with Gasteiger partial charge in [0.05, 0.1) is 13.0 Å². The Labute approximate surface area is 116 Å². The van der Waals surface area contributed by atoms with E-state index in [2.05, 4.69) is 4.98 Å². The first-order valence-electron chi connectivity index (χ1n) is 6.21. The summed E-state index contributed by atoms with van der Waals surface area (Å²) < 4.78 is 1.90. The van der Waals surface area contributed by atoms with Crippen molar-refractivity contribution in [1.82, 2.24) is 14.5 Å². The van der Waals surface area contributed by atoms with Crippen molar-refractivity contribution >= 4 is 17.5 Å². The van der Waals surface area contributed by atoms with Crippen LogP contribution in [0.15, 0.2) is 43.0 Å². The van der Waals surface area contributed by atoms with Crippen LogP contribution in [0, 0.1) is 0 Å². The van der Waals surface area contributed by atoms with E-state index in [0.29, 0.717) is 13.1 Å². The molecule has 98 valence electrons. The number of nitrogens with zero attached hydrogens (tertiary/aromatic N) is 3.